The van der Waals surface area contributed by atoms with E-state index in [1.165, 1.54) is 0 Å². The molecule has 4 nitrogen and oxygen atoms in total. The van der Waals surface area contributed by atoms with Crippen LogP contribution in [0.3, 0.4) is 0 Å². The van der Waals surface area contributed by atoms with Gasteiger partial charge in [-0.05, 0) is 37.5 Å². The number of rotatable bonds is 7. The zero-order valence-corrected chi connectivity index (χ0v) is 12.9. The fourth-order valence-corrected chi connectivity index (χ4v) is 2.69. The van der Waals surface area contributed by atoms with Crippen LogP contribution in [0.1, 0.15) is 19.3 Å². The monoisotopic (exact) mass is 355 g/mol. The largest absolute Gasteiger partial charge is 0.492 e. The van der Waals surface area contributed by atoms with Crippen LogP contribution in [0.5, 0.6) is 5.75 Å². The van der Waals surface area contributed by atoms with Crippen LogP contribution in [0.25, 0.3) is 0 Å². The van der Waals surface area contributed by atoms with Crippen LogP contribution in [-0.4, -0.2) is 20.8 Å². The minimum Gasteiger partial charge on any atom is -0.492 e. The van der Waals surface area contributed by atoms with Crippen molar-refractivity contribution in [2.75, 3.05) is 12.4 Å². The van der Waals surface area contributed by atoms with E-state index in [0.717, 1.165) is 17.3 Å². The molecule has 1 aromatic carbocycles. The molecule has 7 heteroatoms. The molecule has 0 saturated carbocycles. The molecule has 0 fully saturated rings. The van der Waals surface area contributed by atoms with E-state index in [4.69, 9.17) is 21.5 Å². The molecule has 0 unspecified atom stereocenters. The van der Waals surface area contributed by atoms with E-state index in [0.29, 0.717) is 23.8 Å². The first-order valence-electron chi connectivity index (χ1n) is 5.47. The Labute approximate surface area is 121 Å². The molecule has 0 amide bonds. The van der Waals surface area contributed by atoms with Gasteiger partial charge in [0.1, 0.15) is 5.75 Å². The summed E-state index contributed by atoms with van der Waals surface area (Å²) in [4.78, 5) is 0. The molecule has 0 aliphatic rings. The van der Waals surface area contributed by atoms with E-state index in [1.54, 1.807) is 12.1 Å². The molecule has 0 aliphatic carbocycles. The van der Waals surface area contributed by atoms with Crippen LogP contribution >= 0.6 is 27.5 Å². The topological polar surface area (TPSA) is 69.4 Å². The lowest BCUT2D eigenvalue weighted by molar-refractivity contribution is 0.306. The highest BCUT2D eigenvalue weighted by molar-refractivity contribution is 9.10. The van der Waals surface area contributed by atoms with Crippen molar-refractivity contribution < 1.29 is 13.2 Å². The van der Waals surface area contributed by atoms with Gasteiger partial charge in [-0.2, -0.15) is 0 Å². The highest BCUT2D eigenvalue weighted by atomic mass is 79.9. The Morgan fingerprint density at radius 3 is 2.61 bits per heavy atom. The number of benzene rings is 1. The highest BCUT2D eigenvalue weighted by Gasteiger charge is 2.03. The maximum Gasteiger partial charge on any atom is 0.209 e. The summed E-state index contributed by atoms with van der Waals surface area (Å²) in [6, 6.07) is 5.40. The molecule has 2 N–H and O–H groups in total. The van der Waals surface area contributed by atoms with Gasteiger partial charge in [0.2, 0.25) is 10.0 Å². The number of hydrogen-bond acceptors (Lipinski definition) is 3. The predicted molar refractivity (Wildman–Crippen MR) is 76.5 cm³/mol. The van der Waals surface area contributed by atoms with Crippen molar-refractivity contribution in [2.45, 2.75) is 19.3 Å². The summed E-state index contributed by atoms with van der Waals surface area (Å²) >= 11 is 9.29. The molecule has 0 aliphatic heterocycles. The number of sulfonamides is 1. The summed E-state index contributed by atoms with van der Waals surface area (Å²) in [5.74, 6) is 0.651. The van der Waals surface area contributed by atoms with Crippen LogP contribution in [0.15, 0.2) is 22.7 Å². The van der Waals surface area contributed by atoms with Crippen LogP contribution in [0.2, 0.25) is 5.02 Å². The molecule has 0 spiro atoms. The Morgan fingerprint density at radius 2 is 2.00 bits per heavy atom. The molecule has 0 atom stereocenters. The summed E-state index contributed by atoms with van der Waals surface area (Å²) in [7, 11) is -3.34. The molecule has 0 aromatic heterocycles. The number of unbranched alkanes of at least 4 members (excludes halogenated alkanes) is 2. The Hall–Kier alpha value is -0.300. The fraction of sp³-hybridized carbons (Fsp3) is 0.455. The Bertz CT molecular complexity index is 493. The van der Waals surface area contributed by atoms with E-state index in [2.05, 4.69) is 15.9 Å². The van der Waals surface area contributed by atoms with E-state index in [1.807, 2.05) is 6.07 Å². The Morgan fingerprint density at radius 1 is 1.28 bits per heavy atom. The van der Waals surface area contributed by atoms with Crippen LogP contribution < -0.4 is 9.88 Å². The lowest BCUT2D eigenvalue weighted by atomic mass is 10.3. The summed E-state index contributed by atoms with van der Waals surface area (Å²) in [5, 5.41) is 5.44. The third-order valence-electron chi connectivity index (χ3n) is 2.22. The minimum absolute atomic E-state index is 0.0199. The van der Waals surface area contributed by atoms with Crippen molar-refractivity contribution in [3.8, 4) is 5.75 Å². The van der Waals surface area contributed by atoms with Crippen molar-refractivity contribution in [3.63, 3.8) is 0 Å². The highest BCUT2D eigenvalue weighted by Crippen LogP contribution is 2.27. The molecular formula is C11H15BrClNO3S. The van der Waals surface area contributed by atoms with E-state index in [9.17, 15) is 8.42 Å². The normalized spacial score (nSPS) is 11.5. The summed E-state index contributed by atoms with van der Waals surface area (Å²) in [6.07, 6.45) is 2.07. The Balaban J connectivity index is 2.22. The fourth-order valence-electron chi connectivity index (χ4n) is 1.36. The molecule has 0 heterocycles. The number of ether oxygens (including phenoxy) is 1. The first-order chi connectivity index (χ1) is 8.38. The molecule has 0 saturated heterocycles. The first kappa shape index (κ1) is 15.8. The molecule has 0 radical (unpaired) electrons. The zero-order valence-electron chi connectivity index (χ0n) is 9.73. The number of primary sulfonamides is 1. The van der Waals surface area contributed by atoms with Gasteiger partial charge in [0.25, 0.3) is 0 Å². The molecular weight excluding hydrogens is 342 g/mol. The van der Waals surface area contributed by atoms with Crippen molar-refractivity contribution in [1.29, 1.82) is 0 Å². The van der Waals surface area contributed by atoms with Gasteiger partial charge < -0.3 is 4.74 Å². The molecule has 102 valence electrons. The van der Waals surface area contributed by atoms with Gasteiger partial charge in [0.15, 0.2) is 0 Å². The second-order valence-electron chi connectivity index (χ2n) is 3.85. The summed E-state index contributed by atoms with van der Waals surface area (Å²) in [5.41, 5.74) is 0. The lowest BCUT2D eigenvalue weighted by Crippen LogP contribution is -2.16. The molecule has 1 rings (SSSR count). The van der Waals surface area contributed by atoms with Crippen molar-refractivity contribution in [3.05, 3.63) is 27.7 Å². The van der Waals surface area contributed by atoms with Crippen LogP contribution in [-0.2, 0) is 10.0 Å². The summed E-state index contributed by atoms with van der Waals surface area (Å²) in [6.45, 7) is 0.506. The summed E-state index contributed by atoms with van der Waals surface area (Å²) < 4.78 is 27.8. The van der Waals surface area contributed by atoms with Gasteiger partial charge in [0.05, 0.1) is 17.4 Å². The quantitative estimate of drug-likeness (QED) is 0.764. The maximum absolute atomic E-state index is 10.7. The third kappa shape index (κ3) is 6.58. The predicted octanol–water partition coefficient (Wildman–Crippen LogP) is 2.94. The molecule has 0 bridgehead atoms. The van der Waals surface area contributed by atoms with E-state index < -0.39 is 10.0 Å². The molecule has 1 aromatic rings. The smallest absolute Gasteiger partial charge is 0.209 e. The maximum atomic E-state index is 10.7. The number of nitrogens with two attached hydrogens (primary N) is 1. The van der Waals surface area contributed by atoms with Crippen LogP contribution in [0, 0.1) is 0 Å². The standard InChI is InChI=1S/C11H15BrClNO3S/c12-9-4-5-11(10(13)8-9)17-6-2-1-3-7-18(14,15)16/h4-5,8H,1-3,6-7H2,(H2,14,15,16). The van der Waals surface area contributed by atoms with Gasteiger partial charge in [0, 0.05) is 4.47 Å². The minimum atomic E-state index is -3.34. The average molecular weight is 357 g/mol. The first-order valence-corrected chi connectivity index (χ1v) is 8.35. The number of hydrogen-bond donors (Lipinski definition) is 1. The SMILES string of the molecule is NS(=O)(=O)CCCCCOc1ccc(Br)cc1Cl. The van der Waals surface area contributed by atoms with Crippen molar-refractivity contribution in [1.82, 2.24) is 0 Å². The van der Waals surface area contributed by atoms with Crippen molar-refractivity contribution in [2.24, 2.45) is 5.14 Å². The van der Waals surface area contributed by atoms with Gasteiger partial charge >= 0.3 is 0 Å². The van der Waals surface area contributed by atoms with E-state index >= 15 is 0 Å². The molecule has 18 heavy (non-hydrogen) atoms. The second-order valence-corrected chi connectivity index (χ2v) is 6.91. The van der Waals surface area contributed by atoms with E-state index in [-0.39, 0.29) is 5.75 Å². The van der Waals surface area contributed by atoms with Crippen molar-refractivity contribution >= 4 is 37.6 Å². The number of halogens is 2. The Kier molecular flexibility index (Phi) is 6.42. The van der Waals surface area contributed by atoms with Gasteiger partial charge in [-0.15, -0.1) is 0 Å². The zero-order chi connectivity index (χ0) is 13.6. The lowest BCUT2D eigenvalue weighted by Gasteiger charge is -2.07. The van der Waals surface area contributed by atoms with Gasteiger partial charge in [-0.1, -0.05) is 27.5 Å². The second kappa shape index (κ2) is 7.33. The van der Waals surface area contributed by atoms with Gasteiger partial charge in [-0.3, -0.25) is 0 Å². The average Bonchev–Trinajstić information content (AvgIpc) is 2.24. The third-order valence-corrected chi connectivity index (χ3v) is 3.87. The van der Waals surface area contributed by atoms with Crippen LogP contribution in [0.4, 0.5) is 0 Å². The van der Waals surface area contributed by atoms with Gasteiger partial charge in [-0.25, -0.2) is 13.6 Å².